The van der Waals surface area contributed by atoms with Crippen molar-refractivity contribution in [2.24, 2.45) is 0 Å². The second kappa shape index (κ2) is 4.68. The molecule has 3 rings (SSSR count). The first-order valence-corrected chi connectivity index (χ1v) is 6.62. The monoisotopic (exact) mass is 275 g/mol. The number of benzene rings is 1. The van der Waals surface area contributed by atoms with Gasteiger partial charge in [-0.3, -0.25) is 4.98 Å². The number of hydrogen-bond acceptors (Lipinski definition) is 5. The van der Waals surface area contributed by atoms with Gasteiger partial charge in [0.2, 0.25) is 0 Å². The Morgan fingerprint density at radius 3 is 2.63 bits per heavy atom. The van der Waals surface area contributed by atoms with Crippen molar-refractivity contribution in [3.8, 4) is 11.5 Å². The van der Waals surface area contributed by atoms with E-state index in [2.05, 4.69) is 4.98 Å². The van der Waals surface area contributed by atoms with E-state index >= 15 is 0 Å². The molecule has 2 heterocycles. The summed E-state index contributed by atoms with van der Waals surface area (Å²) in [5.41, 5.74) is 0. The predicted octanol–water partition coefficient (Wildman–Crippen LogP) is 2.96. The van der Waals surface area contributed by atoms with Crippen LogP contribution in [-0.2, 0) is 6.61 Å². The van der Waals surface area contributed by atoms with Gasteiger partial charge in [0.1, 0.15) is 11.5 Å². The number of rotatable bonds is 3. The molecule has 0 radical (unpaired) electrons. The SMILES string of the molecule is COc1c2cnccc2c(OC)c2sc(CO)cc12. The van der Waals surface area contributed by atoms with E-state index in [-0.39, 0.29) is 6.61 Å². The third kappa shape index (κ3) is 1.74. The third-order valence-electron chi connectivity index (χ3n) is 3.11. The van der Waals surface area contributed by atoms with Crippen LogP contribution in [0.15, 0.2) is 24.5 Å². The van der Waals surface area contributed by atoms with Gasteiger partial charge in [0, 0.05) is 33.4 Å². The smallest absolute Gasteiger partial charge is 0.144 e. The van der Waals surface area contributed by atoms with Crippen molar-refractivity contribution in [1.29, 1.82) is 0 Å². The molecule has 0 fully saturated rings. The molecule has 0 unspecified atom stereocenters. The van der Waals surface area contributed by atoms with Crippen LogP contribution in [0.1, 0.15) is 4.88 Å². The highest BCUT2D eigenvalue weighted by Crippen LogP contribution is 2.45. The van der Waals surface area contributed by atoms with Crippen LogP contribution in [0.3, 0.4) is 0 Å². The first-order valence-electron chi connectivity index (χ1n) is 5.81. The fraction of sp³-hybridized carbons (Fsp3) is 0.214. The van der Waals surface area contributed by atoms with Gasteiger partial charge in [-0.25, -0.2) is 0 Å². The normalized spacial score (nSPS) is 11.1. The number of nitrogens with zero attached hydrogens (tertiary/aromatic N) is 1. The van der Waals surface area contributed by atoms with Crippen LogP contribution in [-0.4, -0.2) is 24.3 Å². The fourth-order valence-electron chi connectivity index (χ4n) is 2.32. The summed E-state index contributed by atoms with van der Waals surface area (Å²) in [5.74, 6) is 1.58. The van der Waals surface area contributed by atoms with Gasteiger partial charge in [-0.15, -0.1) is 11.3 Å². The van der Waals surface area contributed by atoms with E-state index < -0.39 is 0 Å². The maximum atomic E-state index is 9.32. The molecule has 0 atom stereocenters. The van der Waals surface area contributed by atoms with E-state index in [1.54, 1.807) is 26.6 Å². The Labute approximate surface area is 114 Å². The number of aliphatic hydroxyl groups excluding tert-OH is 1. The zero-order valence-corrected chi connectivity index (χ0v) is 11.5. The van der Waals surface area contributed by atoms with Gasteiger partial charge in [-0.05, 0) is 12.1 Å². The van der Waals surface area contributed by atoms with Gasteiger partial charge in [-0.1, -0.05) is 0 Å². The Balaban J connectivity index is 2.54. The van der Waals surface area contributed by atoms with Gasteiger partial charge < -0.3 is 14.6 Å². The summed E-state index contributed by atoms with van der Waals surface area (Å²) in [4.78, 5) is 5.03. The highest BCUT2D eigenvalue weighted by molar-refractivity contribution is 7.19. The summed E-state index contributed by atoms with van der Waals surface area (Å²) >= 11 is 1.52. The molecular formula is C14H13NO3S. The van der Waals surface area contributed by atoms with Crippen molar-refractivity contribution in [3.63, 3.8) is 0 Å². The molecule has 4 nitrogen and oxygen atoms in total. The minimum absolute atomic E-state index is 0.0141. The average Bonchev–Trinajstić information content (AvgIpc) is 2.88. The van der Waals surface area contributed by atoms with E-state index in [4.69, 9.17) is 9.47 Å². The fourth-order valence-corrected chi connectivity index (χ4v) is 3.37. The van der Waals surface area contributed by atoms with Crippen LogP contribution in [0.5, 0.6) is 11.5 Å². The molecule has 0 aliphatic rings. The zero-order valence-electron chi connectivity index (χ0n) is 10.6. The molecule has 19 heavy (non-hydrogen) atoms. The van der Waals surface area contributed by atoms with E-state index in [9.17, 15) is 5.11 Å². The van der Waals surface area contributed by atoms with Crippen LogP contribution in [0.4, 0.5) is 0 Å². The molecule has 0 spiro atoms. The molecule has 0 saturated carbocycles. The standard InChI is InChI=1S/C14H13NO3S/c1-17-12-10-5-8(7-16)19-14(10)13(18-2)9-3-4-15-6-11(9)12/h3-6,16H,7H2,1-2H3. The molecule has 2 aromatic heterocycles. The van der Waals surface area contributed by atoms with Crippen molar-refractivity contribution in [1.82, 2.24) is 4.98 Å². The quantitative estimate of drug-likeness (QED) is 0.798. The minimum atomic E-state index is 0.0141. The Hall–Kier alpha value is -1.85. The summed E-state index contributed by atoms with van der Waals surface area (Å²) in [6, 6.07) is 3.85. The number of ether oxygens (including phenoxy) is 2. The number of fused-ring (bicyclic) bond motifs is 2. The Kier molecular flexibility index (Phi) is 3.00. The molecule has 5 heteroatoms. The van der Waals surface area contributed by atoms with Gasteiger partial charge >= 0.3 is 0 Å². The number of hydrogen-bond donors (Lipinski definition) is 1. The highest BCUT2D eigenvalue weighted by atomic mass is 32.1. The first-order chi connectivity index (χ1) is 9.30. The van der Waals surface area contributed by atoms with Gasteiger partial charge in [0.25, 0.3) is 0 Å². The van der Waals surface area contributed by atoms with Crippen molar-refractivity contribution >= 4 is 32.2 Å². The number of thiophene rings is 1. The number of aromatic nitrogens is 1. The van der Waals surface area contributed by atoms with Crippen molar-refractivity contribution < 1.29 is 14.6 Å². The van der Waals surface area contributed by atoms with E-state index in [0.717, 1.165) is 37.2 Å². The summed E-state index contributed by atoms with van der Waals surface area (Å²) in [6.07, 6.45) is 3.50. The Morgan fingerprint density at radius 1 is 1.16 bits per heavy atom. The van der Waals surface area contributed by atoms with E-state index in [0.29, 0.717) is 0 Å². The third-order valence-corrected chi connectivity index (χ3v) is 4.23. The van der Waals surface area contributed by atoms with Gasteiger partial charge in [-0.2, -0.15) is 0 Å². The van der Waals surface area contributed by atoms with Crippen LogP contribution in [0.25, 0.3) is 20.9 Å². The average molecular weight is 275 g/mol. The molecule has 0 amide bonds. The van der Waals surface area contributed by atoms with Gasteiger partial charge in [0.05, 0.1) is 25.5 Å². The lowest BCUT2D eigenvalue weighted by Crippen LogP contribution is -1.91. The molecule has 1 aromatic carbocycles. The lowest BCUT2D eigenvalue weighted by molar-refractivity contribution is 0.285. The second-order valence-electron chi connectivity index (χ2n) is 4.10. The summed E-state index contributed by atoms with van der Waals surface area (Å²) < 4.78 is 12.1. The molecule has 3 aromatic rings. The van der Waals surface area contributed by atoms with Crippen molar-refractivity contribution in [2.75, 3.05) is 14.2 Å². The summed E-state index contributed by atoms with van der Waals surface area (Å²) in [6.45, 7) is 0.0141. The molecule has 1 N–H and O–H groups in total. The lowest BCUT2D eigenvalue weighted by atomic mass is 10.1. The molecule has 0 bridgehead atoms. The maximum Gasteiger partial charge on any atom is 0.144 e. The van der Waals surface area contributed by atoms with E-state index in [1.807, 2.05) is 12.1 Å². The van der Waals surface area contributed by atoms with E-state index in [1.165, 1.54) is 11.3 Å². The number of methoxy groups -OCH3 is 2. The molecule has 98 valence electrons. The maximum absolute atomic E-state index is 9.32. The Bertz CT molecular complexity index is 691. The minimum Gasteiger partial charge on any atom is -0.495 e. The van der Waals surface area contributed by atoms with Crippen molar-refractivity contribution in [3.05, 3.63) is 29.4 Å². The highest BCUT2D eigenvalue weighted by Gasteiger charge is 2.17. The van der Waals surface area contributed by atoms with Gasteiger partial charge in [0.15, 0.2) is 0 Å². The summed E-state index contributed by atoms with van der Waals surface area (Å²) in [7, 11) is 3.30. The van der Waals surface area contributed by atoms with Crippen LogP contribution >= 0.6 is 11.3 Å². The molecule has 0 saturated heterocycles. The number of pyridine rings is 1. The lowest BCUT2D eigenvalue weighted by Gasteiger charge is -2.11. The zero-order chi connectivity index (χ0) is 13.4. The van der Waals surface area contributed by atoms with Crippen LogP contribution in [0.2, 0.25) is 0 Å². The first kappa shape index (κ1) is 12.2. The predicted molar refractivity (Wildman–Crippen MR) is 76.2 cm³/mol. The second-order valence-corrected chi connectivity index (χ2v) is 5.24. The Morgan fingerprint density at radius 2 is 1.95 bits per heavy atom. The largest absolute Gasteiger partial charge is 0.495 e. The molecular weight excluding hydrogens is 262 g/mol. The number of aliphatic hydroxyl groups is 1. The molecule has 0 aliphatic carbocycles. The topological polar surface area (TPSA) is 51.6 Å². The molecule has 0 aliphatic heterocycles. The van der Waals surface area contributed by atoms with Crippen molar-refractivity contribution in [2.45, 2.75) is 6.61 Å². The van der Waals surface area contributed by atoms with Crippen LogP contribution in [0, 0.1) is 0 Å². The summed E-state index contributed by atoms with van der Waals surface area (Å²) in [5, 5.41) is 12.2. The van der Waals surface area contributed by atoms with Crippen LogP contribution < -0.4 is 9.47 Å².